The van der Waals surface area contributed by atoms with Gasteiger partial charge in [0.05, 0.1) is 12.1 Å². The molecule has 1 aromatic heterocycles. The minimum atomic E-state index is -0.266. The van der Waals surface area contributed by atoms with Crippen molar-refractivity contribution in [3.8, 4) is 11.3 Å². The minimum Gasteiger partial charge on any atom is -0.299 e. The number of thiazole rings is 1. The Kier molecular flexibility index (Phi) is 4.63. The zero-order chi connectivity index (χ0) is 16.2. The number of rotatable bonds is 5. The molecule has 0 N–H and O–H groups in total. The molecule has 0 fully saturated rings. The van der Waals surface area contributed by atoms with Crippen LogP contribution in [0, 0.1) is 12.7 Å². The lowest BCUT2D eigenvalue weighted by Gasteiger charge is -2.03. The van der Waals surface area contributed by atoms with Gasteiger partial charge < -0.3 is 0 Å². The number of halogens is 1. The molecule has 0 spiro atoms. The van der Waals surface area contributed by atoms with Gasteiger partial charge in [0.1, 0.15) is 16.6 Å². The van der Waals surface area contributed by atoms with Crippen molar-refractivity contribution >= 4 is 17.1 Å². The van der Waals surface area contributed by atoms with E-state index in [0.717, 1.165) is 27.4 Å². The Morgan fingerprint density at radius 2 is 1.83 bits per heavy atom. The molecular weight excluding hydrogens is 309 g/mol. The van der Waals surface area contributed by atoms with Crippen LogP contribution >= 0.6 is 11.3 Å². The molecule has 2 nitrogen and oxygen atoms in total. The van der Waals surface area contributed by atoms with E-state index >= 15 is 0 Å². The molecule has 0 radical (unpaired) electrons. The van der Waals surface area contributed by atoms with Gasteiger partial charge in [-0.1, -0.05) is 24.3 Å². The van der Waals surface area contributed by atoms with Crippen molar-refractivity contribution < 1.29 is 9.18 Å². The van der Waals surface area contributed by atoms with Crippen molar-refractivity contribution in [1.29, 1.82) is 0 Å². The largest absolute Gasteiger partial charge is 0.299 e. The van der Waals surface area contributed by atoms with Gasteiger partial charge in [0.15, 0.2) is 0 Å². The highest BCUT2D eigenvalue weighted by Crippen LogP contribution is 2.23. The third-order valence-electron chi connectivity index (χ3n) is 3.69. The molecule has 116 valence electrons. The minimum absolute atomic E-state index is 0.152. The molecule has 3 rings (SSSR count). The van der Waals surface area contributed by atoms with Gasteiger partial charge in [-0.25, -0.2) is 9.37 Å². The first-order valence-corrected chi connectivity index (χ1v) is 8.26. The van der Waals surface area contributed by atoms with Crippen molar-refractivity contribution in [2.45, 2.75) is 19.8 Å². The third kappa shape index (κ3) is 3.90. The second kappa shape index (κ2) is 6.84. The number of ketones is 1. The topological polar surface area (TPSA) is 30.0 Å². The molecule has 3 aromatic rings. The maximum absolute atomic E-state index is 13.0. The number of nitrogens with zero attached hydrogens (tertiary/aromatic N) is 1. The number of carbonyl (C=O) groups is 1. The van der Waals surface area contributed by atoms with E-state index in [0.29, 0.717) is 12.8 Å². The summed E-state index contributed by atoms with van der Waals surface area (Å²) in [7, 11) is 0. The van der Waals surface area contributed by atoms with E-state index in [-0.39, 0.29) is 11.6 Å². The van der Waals surface area contributed by atoms with Crippen LogP contribution in [0.5, 0.6) is 0 Å². The van der Waals surface area contributed by atoms with E-state index in [9.17, 15) is 9.18 Å². The van der Waals surface area contributed by atoms with Crippen molar-refractivity contribution in [1.82, 2.24) is 4.98 Å². The molecular formula is C19H16FNOS. The summed E-state index contributed by atoms with van der Waals surface area (Å²) in [6, 6.07) is 14.1. The van der Waals surface area contributed by atoms with Gasteiger partial charge in [-0.15, -0.1) is 11.3 Å². The van der Waals surface area contributed by atoms with E-state index in [1.165, 1.54) is 23.5 Å². The van der Waals surface area contributed by atoms with Crippen LogP contribution in [-0.2, 0) is 17.6 Å². The second-order valence-electron chi connectivity index (χ2n) is 5.45. The first-order chi connectivity index (χ1) is 11.1. The average Bonchev–Trinajstić information content (AvgIpc) is 2.98. The Morgan fingerprint density at radius 3 is 2.57 bits per heavy atom. The molecule has 0 atom stereocenters. The highest BCUT2D eigenvalue weighted by atomic mass is 32.1. The van der Waals surface area contributed by atoms with Crippen molar-refractivity contribution in [2.75, 3.05) is 0 Å². The van der Waals surface area contributed by atoms with E-state index in [4.69, 9.17) is 0 Å². The molecule has 0 saturated heterocycles. The summed E-state index contributed by atoms with van der Waals surface area (Å²) in [4.78, 5) is 16.7. The van der Waals surface area contributed by atoms with Crippen LogP contribution in [0.15, 0.2) is 53.9 Å². The monoisotopic (exact) mass is 325 g/mol. The molecule has 0 aliphatic carbocycles. The van der Waals surface area contributed by atoms with E-state index < -0.39 is 0 Å². The van der Waals surface area contributed by atoms with Crippen LogP contribution in [-0.4, -0.2) is 10.8 Å². The predicted molar refractivity (Wildman–Crippen MR) is 91.1 cm³/mol. The quantitative estimate of drug-likeness (QED) is 0.685. The Bertz CT molecular complexity index is 823. The van der Waals surface area contributed by atoms with Gasteiger partial charge in [0.2, 0.25) is 0 Å². The first-order valence-electron chi connectivity index (χ1n) is 7.38. The van der Waals surface area contributed by atoms with Crippen LogP contribution < -0.4 is 0 Å². The summed E-state index contributed by atoms with van der Waals surface area (Å²) in [6.07, 6.45) is 0.762. The summed E-state index contributed by atoms with van der Waals surface area (Å²) in [5, 5.41) is 2.70. The molecule has 0 saturated carbocycles. The van der Waals surface area contributed by atoms with Crippen molar-refractivity contribution in [2.24, 2.45) is 0 Å². The lowest BCUT2D eigenvalue weighted by molar-refractivity contribution is -0.117. The molecule has 0 amide bonds. The lowest BCUT2D eigenvalue weighted by Crippen LogP contribution is -2.07. The fraction of sp³-hybridized carbons (Fsp3) is 0.158. The number of carbonyl (C=O) groups excluding carboxylic acids is 1. The van der Waals surface area contributed by atoms with Crippen LogP contribution in [0.4, 0.5) is 4.39 Å². The average molecular weight is 325 g/mol. The van der Waals surface area contributed by atoms with Gasteiger partial charge in [-0.05, 0) is 42.3 Å². The summed E-state index contributed by atoms with van der Waals surface area (Å²) < 4.78 is 13.0. The van der Waals surface area contributed by atoms with Crippen LogP contribution in [0.25, 0.3) is 11.3 Å². The smallest absolute Gasteiger partial charge is 0.144 e. The van der Waals surface area contributed by atoms with Gasteiger partial charge in [-0.3, -0.25) is 4.79 Å². The van der Waals surface area contributed by atoms with Crippen LogP contribution in [0.3, 0.4) is 0 Å². The Morgan fingerprint density at radius 1 is 1.09 bits per heavy atom. The lowest BCUT2D eigenvalue weighted by atomic mass is 10.0. The SMILES string of the molecule is Cc1ccccc1CC(=O)Cc1nc(-c2ccc(F)cc2)cs1. The Balaban J connectivity index is 1.68. The van der Waals surface area contributed by atoms with Crippen molar-refractivity contribution in [3.05, 3.63) is 75.9 Å². The number of hydrogen-bond acceptors (Lipinski definition) is 3. The molecule has 0 aliphatic heterocycles. The molecule has 0 aliphatic rings. The maximum atomic E-state index is 13.0. The number of aromatic nitrogens is 1. The molecule has 2 aromatic carbocycles. The second-order valence-corrected chi connectivity index (χ2v) is 6.39. The molecule has 4 heteroatoms. The summed E-state index contributed by atoms with van der Waals surface area (Å²) in [5.41, 5.74) is 3.84. The maximum Gasteiger partial charge on any atom is 0.144 e. The first kappa shape index (κ1) is 15.6. The highest BCUT2D eigenvalue weighted by molar-refractivity contribution is 7.10. The van der Waals surface area contributed by atoms with Gasteiger partial charge >= 0.3 is 0 Å². The van der Waals surface area contributed by atoms with Gasteiger partial charge in [0, 0.05) is 17.4 Å². The van der Waals surface area contributed by atoms with Crippen LogP contribution in [0.2, 0.25) is 0 Å². The van der Waals surface area contributed by atoms with E-state index in [1.807, 2.05) is 36.6 Å². The predicted octanol–water partition coefficient (Wildman–Crippen LogP) is 4.61. The summed E-state index contributed by atoms with van der Waals surface area (Å²) in [6.45, 7) is 2.01. The number of hydrogen-bond donors (Lipinski definition) is 0. The zero-order valence-electron chi connectivity index (χ0n) is 12.8. The third-order valence-corrected chi connectivity index (χ3v) is 4.54. The number of benzene rings is 2. The van der Waals surface area contributed by atoms with E-state index in [2.05, 4.69) is 4.98 Å². The molecule has 0 bridgehead atoms. The van der Waals surface area contributed by atoms with Gasteiger partial charge in [-0.2, -0.15) is 0 Å². The zero-order valence-corrected chi connectivity index (χ0v) is 13.6. The van der Waals surface area contributed by atoms with Gasteiger partial charge in [0.25, 0.3) is 0 Å². The Hall–Kier alpha value is -2.33. The standard InChI is InChI=1S/C19H16FNOS/c1-13-4-2-3-5-15(13)10-17(22)11-19-21-18(12-23-19)14-6-8-16(20)9-7-14/h2-9,12H,10-11H2,1H3. The fourth-order valence-electron chi connectivity index (χ4n) is 2.40. The molecule has 23 heavy (non-hydrogen) atoms. The fourth-order valence-corrected chi connectivity index (χ4v) is 3.23. The number of aryl methyl sites for hydroxylation is 1. The Labute approximate surface area is 138 Å². The summed E-state index contributed by atoms with van der Waals surface area (Å²) in [5.74, 6) is -0.114. The van der Waals surface area contributed by atoms with E-state index in [1.54, 1.807) is 12.1 Å². The highest BCUT2D eigenvalue weighted by Gasteiger charge is 2.11. The molecule has 0 unspecified atom stereocenters. The van der Waals surface area contributed by atoms with Crippen molar-refractivity contribution in [3.63, 3.8) is 0 Å². The summed E-state index contributed by atoms with van der Waals surface area (Å²) >= 11 is 1.47. The molecule has 1 heterocycles. The normalized spacial score (nSPS) is 10.7. The number of Topliss-reactive ketones (excluding diaryl/α,β-unsaturated/α-hetero) is 1. The van der Waals surface area contributed by atoms with Crippen LogP contribution in [0.1, 0.15) is 16.1 Å².